The first kappa shape index (κ1) is 17.1. The molecule has 0 heterocycles. The lowest BCUT2D eigenvalue weighted by molar-refractivity contribution is -0.112. The second-order valence-corrected chi connectivity index (χ2v) is 5.52. The van der Waals surface area contributed by atoms with E-state index in [4.69, 9.17) is 0 Å². The van der Waals surface area contributed by atoms with Crippen molar-refractivity contribution in [2.75, 3.05) is 29.6 Å². The molecule has 122 valence electrons. The molecule has 0 atom stereocenters. The summed E-state index contributed by atoms with van der Waals surface area (Å²) in [6, 6.07) is 17.0. The molecule has 0 aromatic heterocycles. The first-order valence-electron chi connectivity index (χ1n) is 7.52. The number of carbonyl (C=O) groups excluding carboxylic acids is 1. The Balaban J connectivity index is 2.07. The van der Waals surface area contributed by atoms with Crippen LogP contribution in [0.4, 0.5) is 17.1 Å². The van der Waals surface area contributed by atoms with E-state index in [0.717, 1.165) is 16.9 Å². The van der Waals surface area contributed by atoms with Crippen LogP contribution in [0.5, 0.6) is 0 Å². The van der Waals surface area contributed by atoms with Crippen molar-refractivity contribution in [1.29, 1.82) is 5.26 Å². The Morgan fingerprint density at radius 3 is 2.38 bits per heavy atom. The molecule has 24 heavy (non-hydrogen) atoms. The number of nitrogens with zero attached hydrogens (tertiary/aromatic N) is 2. The molecular formula is C19H20N4O. The number of anilines is 3. The van der Waals surface area contributed by atoms with E-state index < -0.39 is 5.91 Å². The van der Waals surface area contributed by atoms with Crippen molar-refractivity contribution in [2.45, 2.75) is 6.92 Å². The highest BCUT2D eigenvalue weighted by Gasteiger charge is 2.10. The zero-order chi connectivity index (χ0) is 17.5. The fourth-order valence-electron chi connectivity index (χ4n) is 2.06. The van der Waals surface area contributed by atoms with Gasteiger partial charge in [-0.15, -0.1) is 0 Å². The number of amides is 1. The standard InChI is InChI=1S/C19H20N4O/c1-14-6-4-5-7-18(14)22-19(24)15(12-20)13-21-16-8-10-17(11-9-16)23(2)3/h4-11,13,21H,1-3H3,(H,22,24)/b15-13-. The maximum Gasteiger partial charge on any atom is 0.267 e. The summed E-state index contributed by atoms with van der Waals surface area (Å²) in [5, 5.41) is 14.9. The molecule has 2 rings (SSSR count). The van der Waals surface area contributed by atoms with Gasteiger partial charge in [-0.3, -0.25) is 4.79 Å². The number of benzene rings is 2. The van der Waals surface area contributed by atoms with E-state index in [9.17, 15) is 10.1 Å². The Morgan fingerprint density at radius 2 is 1.79 bits per heavy atom. The molecule has 0 bridgehead atoms. The maximum absolute atomic E-state index is 12.2. The van der Waals surface area contributed by atoms with Gasteiger partial charge in [0.15, 0.2) is 0 Å². The van der Waals surface area contributed by atoms with E-state index in [1.807, 2.05) is 74.5 Å². The minimum absolute atomic E-state index is 0.00920. The number of carbonyl (C=O) groups is 1. The van der Waals surface area contributed by atoms with Crippen molar-refractivity contribution in [1.82, 2.24) is 0 Å². The Labute approximate surface area is 142 Å². The Morgan fingerprint density at radius 1 is 1.12 bits per heavy atom. The van der Waals surface area contributed by atoms with E-state index >= 15 is 0 Å². The number of nitriles is 1. The van der Waals surface area contributed by atoms with Gasteiger partial charge in [0.05, 0.1) is 0 Å². The molecule has 2 aromatic carbocycles. The first-order chi connectivity index (χ1) is 11.5. The Bertz CT molecular complexity index is 786. The van der Waals surface area contributed by atoms with Crippen LogP contribution in [0, 0.1) is 18.3 Å². The molecule has 0 spiro atoms. The van der Waals surface area contributed by atoms with Crippen LogP contribution in [0.3, 0.4) is 0 Å². The molecule has 0 radical (unpaired) electrons. The second-order valence-electron chi connectivity index (χ2n) is 5.52. The van der Waals surface area contributed by atoms with E-state index in [1.165, 1.54) is 6.20 Å². The van der Waals surface area contributed by atoms with Crippen LogP contribution >= 0.6 is 0 Å². The van der Waals surface area contributed by atoms with Crippen molar-refractivity contribution in [3.63, 3.8) is 0 Å². The smallest absolute Gasteiger partial charge is 0.267 e. The van der Waals surface area contributed by atoms with Gasteiger partial charge in [-0.1, -0.05) is 18.2 Å². The van der Waals surface area contributed by atoms with Crippen LogP contribution in [0.1, 0.15) is 5.56 Å². The third-order valence-corrected chi connectivity index (χ3v) is 3.53. The van der Waals surface area contributed by atoms with Gasteiger partial charge in [-0.2, -0.15) is 5.26 Å². The summed E-state index contributed by atoms with van der Waals surface area (Å²) in [6.07, 6.45) is 1.41. The molecule has 5 heteroatoms. The fraction of sp³-hybridized carbons (Fsp3) is 0.158. The largest absolute Gasteiger partial charge is 0.378 e. The van der Waals surface area contributed by atoms with Gasteiger partial charge in [0.25, 0.3) is 5.91 Å². The molecule has 0 saturated heterocycles. The molecule has 0 aliphatic carbocycles. The maximum atomic E-state index is 12.2. The lowest BCUT2D eigenvalue weighted by Gasteiger charge is -2.12. The predicted octanol–water partition coefficient (Wildman–Crippen LogP) is 3.52. The van der Waals surface area contributed by atoms with E-state index in [1.54, 1.807) is 6.07 Å². The summed E-state index contributed by atoms with van der Waals surface area (Å²) in [5.41, 5.74) is 3.52. The van der Waals surface area contributed by atoms with Crippen molar-refractivity contribution in [2.24, 2.45) is 0 Å². The van der Waals surface area contributed by atoms with Gasteiger partial charge in [0, 0.05) is 37.4 Å². The van der Waals surface area contributed by atoms with Crippen molar-refractivity contribution < 1.29 is 4.79 Å². The summed E-state index contributed by atoms with van der Waals surface area (Å²) in [4.78, 5) is 14.2. The number of rotatable bonds is 5. The molecular weight excluding hydrogens is 300 g/mol. The molecule has 0 fully saturated rings. The third-order valence-electron chi connectivity index (χ3n) is 3.53. The Kier molecular flexibility index (Phi) is 5.58. The molecule has 1 amide bonds. The summed E-state index contributed by atoms with van der Waals surface area (Å²) in [7, 11) is 3.93. The topological polar surface area (TPSA) is 68.2 Å². The third kappa shape index (κ3) is 4.37. The highest BCUT2D eigenvalue weighted by Crippen LogP contribution is 2.17. The minimum atomic E-state index is -0.441. The van der Waals surface area contributed by atoms with Gasteiger partial charge < -0.3 is 15.5 Å². The second kappa shape index (κ2) is 7.84. The average molecular weight is 320 g/mol. The number of hydrogen-bond acceptors (Lipinski definition) is 4. The van der Waals surface area contributed by atoms with Crippen LogP contribution in [-0.2, 0) is 4.79 Å². The molecule has 0 unspecified atom stereocenters. The van der Waals surface area contributed by atoms with Crippen LogP contribution in [0.2, 0.25) is 0 Å². The quantitative estimate of drug-likeness (QED) is 0.653. The summed E-state index contributed by atoms with van der Waals surface area (Å²) < 4.78 is 0. The zero-order valence-corrected chi connectivity index (χ0v) is 14.0. The van der Waals surface area contributed by atoms with Crippen molar-refractivity contribution >= 4 is 23.0 Å². The summed E-state index contributed by atoms with van der Waals surface area (Å²) in [6.45, 7) is 1.90. The van der Waals surface area contributed by atoms with Crippen LogP contribution in [-0.4, -0.2) is 20.0 Å². The van der Waals surface area contributed by atoms with E-state index in [-0.39, 0.29) is 5.57 Å². The highest BCUT2D eigenvalue weighted by atomic mass is 16.1. The van der Waals surface area contributed by atoms with Crippen molar-refractivity contribution in [3.8, 4) is 6.07 Å². The van der Waals surface area contributed by atoms with Gasteiger partial charge in [0.1, 0.15) is 11.6 Å². The fourth-order valence-corrected chi connectivity index (χ4v) is 2.06. The predicted molar refractivity (Wildman–Crippen MR) is 97.9 cm³/mol. The molecule has 5 nitrogen and oxygen atoms in total. The number of hydrogen-bond donors (Lipinski definition) is 2. The van der Waals surface area contributed by atoms with Gasteiger partial charge in [-0.05, 0) is 42.8 Å². The normalized spacial score (nSPS) is 10.7. The van der Waals surface area contributed by atoms with E-state index in [0.29, 0.717) is 5.69 Å². The summed E-state index contributed by atoms with van der Waals surface area (Å²) >= 11 is 0. The minimum Gasteiger partial charge on any atom is -0.378 e. The zero-order valence-electron chi connectivity index (χ0n) is 14.0. The van der Waals surface area contributed by atoms with Crippen LogP contribution in [0.15, 0.2) is 60.3 Å². The van der Waals surface area contributed by atoms with Gasteiger partial charge in [0.2, 0.25) is 0 Å². The average Bonchev–Trinajstić information content (AvgIpc) is 2.58. The highest BCUT2D eigenvalue weighted by molar-refractivity contribution is 6.07. The SMILES string of the molecule is Cc1ccccc1NC(=O)/C(C#N)=C\Nc1ccc(N(C)C)cc1. The monoisotopic (exact) mass is 320 g/mol. The van der Waals surface area contributed by atoms with Crippen LogP contribution in [0.25, 0.3) is 0 Å². The van der Waals surface area contributed by atoms with Crippen LogP contribution < -0.4 is 15.5 Å². The van der Waals surface area contributed by atoms with Gasteiger partial charge in [-0.25, -0.2) is 0 Å². The molecule has 0 saturated carbocycles. The van der Waals surface area contributed by atoms with Crippen molar-refractivity contribution in [3.05, 3.63) is 65.9 Å². The first-order valence-corrected chi connectivity index (χ1v) is 7.52. The number of nitrogens with one attached hydrogen (secondary N) is 2. The number of para-hydroxylation sites is 1. The molecule has 2 aromatic rings. The van der Waals surface area contributed by atoms with E-state index in [2.05, 4.69) is 10.6 Å². The lowest BCUT2D eigenvalue weighted by Crippen LogP contribution is -2.15. The number of aryl methyl sites for hydroxylation is 1. The Hall–Kier alpha value is -3.26. The molecule has 0 aliphatic heterocycles. The summed E-state index contributed by atoms with van der Waals surface area (Å²) in [5.74, 6) is -0.441. The van der Waals surface area contributed by atoms with Gasteiger partial charge >= 0.3 is 0 Å². The lowest BCUT2D eigenvalue weighted by atomic mass is 10.2. The molecule has 0 aliphatic rings. The molecule has 2 N–H and O–H groups in total.